The van der Waals surface area contributed by atoms with Crippen LogP contribution in [0.25, 0.3) is 6.08 Å². The molecule has 2 heterocycles. The maximum Gasteiger partial charge on any atom is 0.340 e. The second-order valence-electron chi connectivity index (χ2n) is 6.55. The van der Waals surface area contributed by atoms with Gasteiger partial charge in [0.1, 0.15) is 5.51 Å². The zero-order valence-corrected chi connectivity index (χ0v) is 19.5. The SMILES string of the molecule is CCOC(=O)c1c(/C=C/C(=O)Nc2ccccc2Sc2nncs2)c(C)n(CC)c1C. The minimum absolute atomic E-state index is 0.290. The van der Waals surface area contributed by atoms with E-state index in [1.807, 2.05) is 49.6 Å². The number of nitrogens with one attached hydrogen (secondary N) is 1. The van der Waals surface area contributed by atoms with Crippen molar-refractivity contribution in [3.63, 3.8) is 0 Å². The van der Waals surface area contributed by atoms with Crippen LogP contribution < -0.4 is 5.32 Å². The number of para-hydroxylation sites is 1. The van der Waals surface area contributed by atoms with Crippen molar-refractivity contribution in [3.8, 4) is 0 Å². The number of ether oxygens (including phenoxy) is 1. The molecule has 0 radical (unpaired) electrons. The first-order chi connectivity index (χ1) is 15.0. The predicted octanol–water partition coefficient (Wildman–Crippen LogP) is 4.96. The second-order valence-corrected chi connectivity index (χ2v) is 8.67. The van der Waals surface area contributed by atoms with Crippen LogP contribution in [0.2, 0.25) is 0 Å². The van der Waals surface area contributed by atoms with Crippen molar-refractivity contribution in [1.82, 2.24) is 14.8 Å². The third-order valence-electron chi connectivity index (χ3n) is 4.71. The number of carbonyl (C=O) groups excluding carboxylic acids is 2. The molecule has 3 rings (SSSR count). The van der Waals surface area contributed by atoms with E-state index in [1.54, 1.807) is 18.5 Å². The predicted molar refractivity (Wildman–Crippen MR) is 124 cm³/mol. The van der Waals surface area contributed by atoms with Gasteiger partial charge in [0.15, 0.2) is 4.34 Å². The highest BCUT2D eigenvalue weighted by Gasteiger charge is 2.22. The van der Waals surface area contributed by atoms with Gasteiger partial charge in [0.05, 0.1) is 17.9 Å². The minimum atomic E-state index is -0.380. The van der Waals surface area contributed by atoms with Crippen molar-refractivity contribution >= 4 is 46.7 Å². The van der Waals surface area contributed by atoms with Gasteiger partial charge in [-0.05, 0) is 45.9 Å². The highest BCUT2D eigenvalue weighted by atomic mass is 32.2. The number of rotatable bonds is 8. The lowest BCUT2D eigenvalue weighted by molar-refractivity contribution is -0.111. The van der Waals surface area contributed by atoms with Crippen LogP contribution in [0.1, 0.15) is 41.2 Å². The molecule has 31 heavy (non-hydrogen) atoms. The summed E-state index contributed by atoms with van der Waals surface area (Å²) in [6, 6.07) is 7.51. The van der Waals surface area contributed by atoms with Gasteiger partial charge in [0.25, 0.3) is 0 Å². The van der Waals surface area contributed by atoms with Crippen LogP contribution in [0.15, 0.2) is 45.1 Å². The number of benzene rings is 1. The second kappa shape index (κ2) is 10.4. The van der Waals surface area contributed by atoms with Crippen LogP contribution in [-0.2, 0) is 16.1 Å². The topological polar surface area (TPSA) is 86.1 Å². The van der Waals surface area contributed by atoms with E-state index in [0.717, 1.165) is 27.2 Å². The fraction of sp³-hybridized carbons (Fsp3) is 0.273. The molecule has 9 heteroatoms. The number of aromatic nitrogens is 3. The molecule has 0 aliphatic heterocycles. The number of nitrogens with zero attached hydrogens (tertiary/aromatic N) is 3. The molecule has 0 atom stereocenters. The van der Waals surface area contributed by atoms with E-state index >= 15 is 0 Å². The van der Waals surface area contributed by atoms with E-state index < -0.39 is 0 Å². The molecule has 0 bridgehead atoms. The van der Waals surface area contributed by atoms with Gasteiger partial charge in [-0.2, -0.15) is 0 Å². The number of hydrogen-bond donors (Lipinski definition) is 1. The third kappa shape index (κ3) is 5.23. The minimum Gasteiger partial charge on any atom is -0.462 e. The zero-order valence-electron chi connectivity index (χ0n) is 17.8. The number of carbonyl (C=O) groups is 2. The molecule has 0 aliphatic rings. The molecule has 3 aromatic rings. The van der Waals surface area contributed by atoms with Gasteiger partial charge in [-0.25, -0.2) is 4.79 Å². The lowest BCUT2D eigenvalue weighted by Gasteiger charge is -2.08. The molecular formula is C22H24N4O3S2. The molecule has 1 aromatic carbocycles. The smallest absolute Gasteiger partial charge is 0.340 e. The molecule has 7 nitrogen and oxygen atoms in total. The van der Waals surface area contributed by atoms with E-state index in [9.17, 15) is 9.59 Å². The first kappa shape index (κ1) is 22.8. The van der Waals surface area contributed by atoms with Crippen LogP contribution in [0, 0.1) is 13.8 Å². The Hall–Kier alpha value is -2.91. The maximum atomic E-state index is 12.7. The zero-order chi connectivity index (χ0) is 22.4. The van der Waals surface area contributed by atoms with Crippen molar-refractivity contribution < 1.29 is 14.3 Å². The Labute approximate surface area is 189 Å². The van der Waals surface area contributed by atoms with Gasteiger partial charge in [-0.3, -0.25) is 4.79 Å². The van der Waals surface area contributed by atoms with Crippen LogP contribution in [0.3, 0.4) is 0 Å². The summed E-state index contributed by atoms with van der Waals surface area (Å²) in [6.07, 6.45) is 3.12. The molecule has 0 saturated heterocycles. The van der Waals surface area contributed by atoms with Crippen molar-refractivity contribution in [2.45, 2.75) is 43.5 Å². The Morgan fingerprint density at radius 2 is 2.00 bits per heavy atom. The quantitative estimate of drug-likeness (QED) is 0.381. The molecule has 0 saturated carbocycles. The van der Waals surface area contributed by atoms with Crippen LogP contribution in [-0.4, -0.2) is 33.2 Å². The van der Waals surface area contributed by atoms with E-state index in [-0.39, 0.29) is 11.9 Å². The van der Waals surface area contributed by atoms with Crippen molar-refractivity contribution in [3.05, 3.63) is 58.4 Å². The Balaban J connectivity index is 1.83. The molecular weight excluding hydrogens is 432 g/mol. The first-order valence-corrected chi connectivity index (χ1v) is 11.5. The number of hydrogen-bond acceptors (Lipinski definition) is 7. The average Bonchev–Trinajstić information content (AvgIpc) is 3.33. The summed E-state index contributed by atoms with van der Waals surface area (Å²) < 4.78 is 8.07. The third-order valence-corrected chi connectivity index (χ3v) is 6.56. The molecule has 0 unspecified atom stereocenters. The summed E-state index contributed by atoms with van der Waals surface area (Å²) in [4.78, 5) is 26.1. The Morgan fingerprint density at radius 3 is 2.68 bits per heavy atom. The molecule has 0 aliphatic carbocycles. The number of amides is 1. The fourth-order valence-corrected chi connectivity index (χ4v) is 4.86. The molecule has 0 fully saturated rings. The van der Waals surface area contributed by atoms with Gasteiger partial charge < -0.3 is 14.6 Å². The van der Waals surface area contributed by atoms with Crippen LogP contribution >= 0.6 is 23.1 Å². The van der Waals surface area contributed by atoms with Crippen molar-refractivity contribution in [2.75, 3.05) is 11.9 Å². The normalized spacial score (nSPS) is 11.1. The Morgan fingerprint density at radius 1 is 1.23 bits per heavy atom. The summed E-state index contributed by atoms with van der Waals surface area (Å²) in [5, 5.41) is 10.8. The summed E-state index contributed by atoms with van der Waals surface area (Å²) in [5.41, 5.74) is 5.29. The largest absolute Gasteiger partial charge is 0.462 e. The van der Waals surface area contributed by atoms with E-state index in [1.165, 1.54) is 29.2 Å². The van der Waals surface area contributed by atoms with E-state index in [2.05, 4.69) is 15.5 Å². The Kier molecular flexibility index (Phi) is 7.64. The first-order valence-electron chi connectivity index (χ1n) is 9.85. The van der Waals surface area contributed by atoms with Crippen molar-refractivity contribution in [1.29, 1.82) is 0 Å². The fourth-order valence-electron chi connectivity index (χ4n) is 3.34. The molecule has 1 amide bonds. The van der Waals surface area contributed by atoms with Crippen LogP contribution in [0.5, 0.6) is 0 Å². The Bertz CT molecular complexity index is 1100. The monoisotopic (exact) mass is 456 g/mol. The molecule has 2 aromatic heterocycles. The van der Waals surface area contributed by atoms with Gasteiger partial charge in [-0.1, -0.05) is 35.2 Å². The maximum absolute atomic E-state index is 12.7. The van der Waals surface area contributed by atoms with E-state index in [4.69, 9.17) is 4.74 Å². The highest BCUT2D eigenvalue weighted by molar-refractivity contribution is 8.01. The van der Waals surface area contributed by atoms with Gasteiger partial charge in [0, 0.05) is 34.5 Å². The summed E-state index contributed by atoms with van der Waals surface area (Å²) in [6.45, 7) is 8.63. The molecule has 0 spiro atoms. The van der Waals surface area contributed by atoms with Gasteiger partial charge in [0.2, 0.25) is 5.91 Å². The number of esters is 1. The van der Waals surface area contributed by atoms with Gasteiger partial charge >= 0.3 is 5.97 Å². The van der Waals surface area contributed by atoms with E-state index in [0.29, 0.717) is 23.4 Å². The molecule has 162 valence electrons. The number of anilines is 1. The average molecular weight is 457 g/mol. The summed E-state index contributed by atoms with van der Waals surface area (Å²) in [5.74, 6) is -0.671. The van der Waals surface area contributed by atoms with Crippen LogP contribution in [0.4, 0.5) is 5.69 Å². The standard InChI is InChI=1S/C22H24N4O3S2/c1-5-26-14(3)16(20(15(26)4)21(28)29-6-2)11-12-19(27)24-17-9-7-8-10-18(17)31-22-25-23-13-30-22/h7-13H,5-6H2,1-4H3,(H,24,27)/b12-11+. The summed E-state index contributed by atoms with van der Waals surface area (Å²) in [7, 11) is 0. The lowest BCUT2D eigenvalue weighted by atomic mass is 10.1. The summed E-state index contributed by atoms with van der Waals surface area (Å²) >= 11 is 2.88. The lowest BCUT2D eigenvalue weighted by Crippen LogP contribution is -2.09. The van der Waals surface area contributed by atoms with Gasteiger partial charge in [-0.15, -0.1) is 10.2 Å². The van der Waals surface area contributed by atoms with Crippen molar-refractivity contribution in [2.24, 2.45) is 0 Å². The highest BCUT2D eigenvalue weighted by Crippen LogP contribution is 2.34. The molecule has 1 N–H and O–H groups in total.